The third-order valence-corrected chi connectivity index (χ3v) is 4.02. The number of amides is 1. The van der Waals surface area contributed by atoms with E-state index in [1.807, 2.05) is 24.3 Å². The number of nitrogens with one attached hydrogen (secondary N) is 1. The average Bonchev–Trinajstić information content (AvgIpc) is 2.52. The highest BCUT2D eigenvalue weighted by molar-refractivity contribution is 5.97. The SMILES string of the molecule is Cc1cc(C(=O)N2Cc3ccccc3C[C@H]2C(=O)O)cc(=O)[nH]1. The Bertz CT molecular complexity index is 840. The van der Waals surface area contributed by atoms with Crippen molar-refractivity contribution in [2.45, 2.75) is 25.9 Å². The highest BCUT2D eigenvalue weighted by Crippen LogP contribution is 2.25. The molecule has 2 N–H and O–H groups in total. The van der Waals surface area contributed by atoms with Gasteiger partial charge < -0.3 is 15.0 Å². The van der Waals surface area contributed by atoms with Crippen molar-refractivity contribution in [1.29, 1.82) is 0 Å². The van der Waals surface area contributed by atoms with E-state index in [0.29, 0.717) is 5.69 Å². The summed E-state index contributed by atoms with van der Waals surface area (Å²) in [5.74, 6) is -1.49. The molecule has 1 atom stereocenters. The first kappa shape index (κ1) is 15.0. The van der Waals surface area contributed by atoms with Gasteiger partial charge in [-0.25, -0.2) is 4.79 Å². The lowest BCUT2D eigenvalue weighted by atomic mass is 9.93. The lowest BCUT2D eigenvalue weighted by Gasteiger charge is -2.34. The van der Waals surface area contributed by atoms with E-state index in [9.17, 15) is 19.5 Å². The lowest BCUT2D eigenvalue weighted by Crippen LogP contribution is -2.48. The molecule has 1 amide bonds. The molecule has 1 aromatic heterocycles. The van der Waals surface area contributed by atoms with Crippen molar-refractivity contribution in [3.63, 3.8) is 0 Å². The number of aliphatic carboxylic acids is 1. The van der Waals surface area contributed by atoms with E-state index in [1.54, 1.807) is 13.0 Å². The van der Waals surface area contributed by atoms with Crippen LogP contribution in [0, 0.1) is 6.92 Å². The zero-order chi connectivity index (χ0) is 16.6. The summed E-state index contributed by atoms with van der Waals surface area (Å²) in [5, 5.41) is 9.48. The number of carbonyl (C=O) groups is 2. The van der Waals surface area contributed by atoms with Crippen molar-refractivity contribution in [3.05, 3.63) is 69.1 Å². The van der Waals surface area contributed by atoms with E-state index < -0.39 is 17.9 Å². The Morgan fingerprint density at radius 2 is 1.91 bits per heavy atom. The van der Waals surface area contributed by atoms with Crippen LogP contribution in [0.5, 0.6) is 0 Å². The fraction of sp³-hybridized carbons (Fsp3) is 0.235. The van der Waals surface area contributed by atoms with Crippen molar-refractivity contribution in [3.8, 4) is 0 Å². The largest absolute Gasteiger partial charge is 0.480 e. The van der Waals surface area contributed by atoms with Crippen LogP contribution in [0.1, 0.15) is 27.2 Å². The minimum atomic E-state index is -1.05. The van der Waals surface area contributed by atoms with Crippen LogP contribution in [-0.2, 0) is 17.8 Å². The van der Waals surface area contributed by atoms with Crippen LogP contribution in [0.3, 0.4) is 0 Å². The predicted octanol–water partition coefficient (Wildman–Crippen LogP) is 1.34. The molecule has 0 fully saturated rings. The van der Waals surface area contributed by atoms with Gasteiger partial charge in [-0.2, -0.15) is 0 Å². The van der Waals surface area contributed by atoms with Crippen LogP contribution < -0.4 is 5.56 Å². The number of hydrogen-bond acceptors (Lipinski definition) is 3. The number of carbonyl (C=O) groups excluding carboxylic acids is 1. The van der Waals surface area contributed by atoms with Crippen molar-refractivity contribution >= 4 is 11.9 Å². The number of rotatable bonds is 2. The second-order valence-corrected chi connectivity index (χ2v) is 5.68. The summed E-state index contributed by atoms with van der Waals surface area (Å²) in [7, 11) is 0. The Kier molecular flexibility index (Phi) is 3.73. The van der Waals surface area contributed by atoms with Crippen LogP contribution >= 0.6 is 0 Å². The highest BCUT2D eigenvalue weighted by Gasteiger charge is 2.35. The minimum Gasteiger partial charge on any atom is -0.480 e. The number of nitrogens with zero attached hydrogens (tertiary/aromatic N) is 1. The Balaban J connectivity index is 2.00. The van der Waals surface area contributed by atoms with Gasteiger partial charge in [-0.05, 0) is 24.1 Å². The number of carboxylic acid groups (broad SMARTS) is 1. The molecule has 6 nitrogen and oxygen atoms in total. The van der Waals surface area contributed by atoms with Gasteiger partial charge in [-0.3, -0.25) is 9.59 Å². The molecule has 118 valence electrons. The smallest absolute Gasteiger partial charge is 0.326 e. The van der Waals surface area contributed by atoms with Crippen LogP contribution in [-0.4, -0.2) is 32.9 Å². The predicted molar refractivity (Wildman–Crippen MR) is 83.2 cm³/mol. The number of aryl methyl sites for hydroxylation is 1. The first-order valence-electron chi connectivity index (χ1n) is 7.27. The van der Waals surface area contributed by atoms with Gasteiger partial charge in [0.15, 0.2) is 0 Å². The van der Waals surface area contributed by atoms with Gasteiger partial charge in [-0.15, -0.1) is 0 Å². The summed E-state index contributed by atoms with van der Waals surface area (Å²) in [6.45, 7) is 1.90. The molecule has 1 aliphatic rings. The Morgan fingerprint density at radius 3 is 2.57 bits per heavy atom. The fourth-order valence-corrected chi connectivity index (χ4v) is 2.93. The molecule has 2 aromatic rings. The summed E-state index contributed by atoms with van der Waals surface area (Å²) in [4.78, 5) is 39.8. The van der Waals surface area contributed by atoms with E-state index in [1.165, 1.54) is 11.0 Å². The lowest BCUT2D eigenvalue weighted by molar-refractivity contribution is -0.142. The zero-order valence-corrected chi connectivity index (χ0v) is 12.6. The monoisotopic (exact) mass is 312 g/mol. The first-order chi connectivity index (χ1) is 11.0. The van der Waals surface area contributed by atoms with Crippen molar-refractivity contribution in [1.82, 2.24) is 9.88 Å². The first-order valence-corrected chi connectivity index (χ1v) is 7.27. The minimum absolute atomic E-state index is 0.205. The molecule has 0 radical (unpaired) electrons. The van der Waals surface area contributed by atoms with Crippen molar-refractivity contribution in [2.24, 2.45) is 0 Å². The molecule has 0 saturated carbocycles. The van der Waals surface area contributed by atoms with E-state index in [0.717, 1.165) is 11.1 Å². The molecule has 6 heteroatoms. The molecule has 1 aliphatic heterocycles. The van der Waals surface area contributed by atoms with Crippen LogP contribution in [0.2, 0.25) is 0 Å². The third kappa shape index (κ3) is 2.88. The number of benzene rings is 1. The molecular weight excluding hydrogens is 296 g/mol. The van der Waals surface area contributed by atoms with Crippen LogP contribution in [0.15, 0.2) is 41.2 Å². The topological polar surface area (TPSA) is 90.5 Å². The molecule has 3 rings (SSSR count). The Labute approximate surface area is 132 Å². The summed E-state index contributed by atoms with van der Waals surface area (Å²) >= 11 is 0. The maximum Gasteiger partial charge on any atom is 0.326 e. The molecule has 1 aromatic carbocycles. The number of aromatic nitrogens is 1. The number of carboxylic acids is 1. The van der Waals surface area contributed by atoms with Crippen LogP contribution in [0.25, 0.3) is 0 Å². The average molecular weight is 312 g/mol. The molecule has 2 heterocycles. The number of pyridine rings is 1. The molecule has 0 bridgehead atoms. The van der Waals surface area contributed by atoms with Gasteiger partial charge in [0, 0.05) is 30.3 Å². The second-order valence-electron chi connectivity index (χ2n) is 5.68. The van der Waals surface area contributed by atoms with Crippen molar-refractivity contribution < 1.29 is 14.7 Å². The zero-order valence-electron chi connectivity index (χ0n) is 12.6. The van der Waals surface area contributed by atoms with Gasteiger partial charge in [-0.1, -0.05) is 24.3 Å². The fourth-order valence-electron chi connectivity index (χ4n) is 2.93. The molecule has 0 saturated heterocycles. The molecular formula is C17H16N2O4. The maximum atomic E-state index is 12.7. The summed E-state index contributed by atoms with van der Waals surface area (Å²) < 4.78 is 0. The van der Waals surface area contributed by atoms with E-state index in [2.05, 4.69) is 4.98 Å². The van der Waals surface area contributed by atoms with Gasteiger partial charge in [0.05, 0.1) is 0 Å². The molecule has 23 heavy (non-hydrogen) atoms. The molecule has 0 aliphatic carbocycles. The van der Waals surface area contributed by atoms with Gasteiger partial charge in [0.2, 0.25) is 5.56 Å². The quantitative estimate of drug-likeness (QED) is 0.875. The van der Waals surface area contributed by atoms with Gasteiger partial charge in [0.25, 0.3) is 5.91 Å². The number of hydrogen-bond donors (Lipinski definition) is 2. The highest BCUT2D eigenvalue weighted by atomic mass is 16.4. The second kappa shape index (κ2) is 5.72. The number of H-pyrrole nitrogens is 1. The summed E-state index contributed by atoms with van der Waals surface area (Å²) in [6.07, 6.45) is 0.263. The van der Waals surface area contributed by atoms with E-state index in [4.69, 9.17) is 0 Å². The molecule has 0 spiro atoms. The van der Waals surface area contributed by atoms with Crippen LogP contribution in [0.4, 0.5) is 0 Å². The standard InChI is InChI=1S/C17H16N2O4/c1-10-6-13(8-15(20)18-10)16(21)19-9-12-5-3-2-4-11(12)7-14(19)17(22)23/h2-6,8,14H,7,9H2,1H3,(H,18,20)(H,22,23)/t14-/m0/s1. The van der Waals surface area contributed by atoms with E-state index >= 15 is 0 Å². The Hall–Kier alpha value is -2.89. The van der Waals surface area contributed by atoms with Gasteiger partial charge in [0.1, 0.15) is 6.04 Å². The van der Waals surface area contributed by atoms with E-state index in [-0.39, 0.29) is 24.1 Å². The number of fused-ring (bicyclic) bond motifs is 1. The third-order valence-electron chi connectivity index (χ3n) is 4.02. The van der Waals surface area contributed by atoms with Crippen molar-refractivity contribution in [2.75, 3.05) is 0 Å². The molecule has 0 unspecified atom stereocenters. The summed E-state index contributed by atoms with van der Waals surface area (Å²) in [6, 6.07) is 9.31. The maximum absolute atomic E-state index is 12.7. The normalized spacial score (nSPS) is 16.7. The summed E-state index contributed by atoms with van der Waals surface area (Å²) in [5.41, 5.74) is 2.26. The van der Waals surface area contributed by atoms with Gasteiger partial charge >= 0.3 is 5.97 Å². The Morgan fingerprint density at radius 1 is 1.22 bits per heavy atom. The number of aromatic amines is 1.